The molecule has 3 atom stereocenters. The molecule has 0 aromatic heterocycles. The Morgan fingerprint density at radius 3 is 2.60 bits per heavy atom. The van der Waals surface area contributed by atoms with Gasteiger partial charge in [0.15, 0.2) is 0 Å². The van der Waals surface area contributed by atoms with Crippen LogP contribution in [0.1, 0.15) is 38.7 Å². The van der Waals surface area contributed by atoms with Gasteiger partial charge in [-0.25, -0.2) is 13.1 Å². The lowest BCUT2D eigenvalue weighted by atomic mass is 9.80. The predicted octanol–water partition coefficient (Wildman–Crippen LogP) is 2.66. The molecule has 0 saturated heterocycles. The van der Waals surface area contributed by atoms with Crippen LogP contribution in [-0.2, 0) is 10.0 Å². The molecule has 0 heterocycles. The van der Waals surface area contributed by atoms with Gasteiger partial charge in [-0.2, -0.15) is 5.26 Å². The van der Waals surface area contributed by atoms with E-state index < -0.39 is 10.0 Å². The van der Waals surface area contributed by atoms with Crippen molar-refractivity contribution in [1.29, 1.82) is 5.26 Å². The average molecular weight is 292 g/mol. The van der Waals surface area contributed by atoms with Gasteiger partial charge in [0.1, 0.15) is 6.07 Å². The molecule has 0 amide bonds. The van der Waals surface area contributed by atoms with Crippen molar-refractivity contribution in [2.45, 2.75) is 44.0 Å². The molecule has 0 spiro atoms. The molecule has 0 radical (unpaired) electrons. The van der Waals surface area contributed by atoms with Gasteiger partial charge in [-0.05, 0) is 43.2 Å². The molecule has 5 heteroatoms. The molecule has 1 N–H and O–H groups in total. The van der Waals surface area contributed by atoms with E-state index in [0.717, 1.165) is 19.3 Å². The molecular formula is C15H20N2O2S. The Kier molecular flexibility index (Phi) is 4.46. The summed E-state index contributed by atoms with van der Waals surface area (Å²) in [6.45, 7) is 4.28. The van der Waals surface area contributed by atoms with Crippen molar-refractivity contribution < 1.29 is 8.42 Å². The Morgan fingerprint density at radius 1 is 1.25 bits per heavy atom. The van der Waals surface area contributed by atoms with Gasteiger partial charge in [-0.15, -0.1) is 0 Å². The van der Waals surface area contributed by atoms with Crippen LogP contribution in [0.2, 0.25) is 0 Å². The molecule has 0 aliphatic heterocycles. The highest BCUT2D eigenvalue weighted by molar-refractivity contribution is 7.89. The summed E-state index contributed by atoms with van der Waals surface area (Å²) in [5, 5.41) is 9.03. The van der Waals surface area contributed by atoms with Crippen LogP contribution in [0.3, 0.4) is 0 Å². The summed E-state index contributed by atoms with van der Waals surface area (Å²) in [5.41, 5.74) is 0.192. The topological polar surface area (TPSA) is 70.0 Å². The lowest BCUT2D eigenvalue weighted by Crippen LogP contribution is -2.42. The third kappa shape index (κ3) is 3.20. The molecule has 20 heavy (non-hydrogen) atoms. The SMILES string of the molecule is CC1CCC(NS(=O)(=O)c2ccccc2C#N)C(C)C1. The number of hydrogen-bond donors (Lipinski definition) is 1. The number of benzene rings is 1. The highest BCUT2D eigenvalue weighted by Gasteiger charge is 2.30. The van der Waals surface area contributed by atoms with Crippen LogP contribution in [0.4, 0.5) is 0 Å². The van der Waals surface area contributed by atoms with E-state index in [2.05, 4.69) is 18.6 Å². The number of sulfonamides is 1. The van der Waals surface area contributed by atoms with Gasteiger partial charge in [0.25, 0.3) is 0 Å². The fourth-order valence-electron chi connectivity index (χ4n) is 2.90. The Bertz CT molecular complexity index is 619. The van der Waals surface area contributed by atoms with Crippen molar-refractivity contribution in [3.8, 4) is 6.07 Å². The summed E-state index contributed by atoms with van der Waals surface area (Å²) in [6.07, 6.45) is 2.93. The normalized spacial score (nSPS) is 26.9. The van der Waals surface area contributed by atoms with E-state index in [1.54, 1.807) is 12.1 Å². The molecular weight excluding hydrogens is 272 g/mol. The van der Waals surface area contributed by atoms with Crippen molar-refractivity contribution in [2.24, 2.45) is 11.8 Å². The number of nitriles is 1. The Morgan fingerprint density at radius 2 is 1.95 bits per heavy atom. The highest BCUT2D eigenvalue weighted by atomic mass is 32.2. The minimum absolute atomic E-state index is 0.0389. The van der Waals surface area contributed by atoms with Crippen molar-refractivity contribution in [3.63, 3.8) is 0 Å². The summed E-state index contributed by atoms with van der Waals surface area (Å²) in [7, 11) is -3.63. The number of nitrogens with one attached hydrogen (secondary N) is 1. The quantitative estimate of drug-likeness (QED) is 0.931. The number of hydrogen-bond acceptors (Lipinski definition) is 3. The van der Waals surface area contributed by atoms with Gasteiger partial charge in [0, 0.05) is 6.04 Å². The Labute approximate surface area is 120 Å². The average Bonchev–Trinajstić information content (AvgIpc) is 2.42. The molecule has 1 aromatic rings. The lowest BCUT2D eigenvalue weighted by molar-refractivity contribution is 0.249. The van der Waals surface area contributed by atoms with Crippen LogP contribution in [0.15, 0.2) is 29.2 Å². The number of rotatable bonds is 3. The minimum atomic E-state index is -3.63. The highest BCUT2D eigenvalue weighted by Crippen LogP contribution is 2.29. The molecule has 3 unspecified atom stereocenters. The van der Waals surface area contributed by atoms with Crippen molar-refractivity contribution in [3.05, 3.63) is 29.8 Å². The summed E-state index contributed by atoms with van der Waals surface area (Å²) in [4.78, 5) is 0.0771. The maximum Gasteiger partial charge on any atom is 0.242 e. The van der Waals surface area contributed by atoms with Crippen LogP contribution in [0.25, 0.3) is 0 Å². The standard InChI is InChI=1S/C15H20N2O2S/c1-11-7-8-14(12(2)9-11)17-20(18,19)15-6-4-3-5-13(15)10-16/h3-6,11-12,14,17H,7-9H2,1-2H3. The zero-order valence-electron chi connectivity index (χ0n) is 11.8. The van der Waals surface area contributed by atoms with E-state index >= 15 is 0 Å². The fourth-order valence-corrected chi connectivity index (χ4v) is 4.43. The Balaban J connectivity index is 2.22. The van der Waals surface area contributed by atoms with E-state index in [9.17, 15) is 8.42 Å². The van der Waals surface area contributed by atoms with Gasteiger partial charge in [-0.1, -0.05) is 26.0 Å². The maximum absolute atomic E-state index is 12.4. The second-order valence-electron chi connectivity index (χ2n) is 5.73. The zero-order chi connectivity index (χ0) is 14.8. The Hall–Kier alpha value is -1.38. The molecule has 0 bridgehead atoms. The molecule has 2 rings (SSSR count). The van der Waals surface area contributed by atoms with E-state index in [1.165, 1.54) is 12.1 Å². The van der Waals surface area contributed by atoms with Crippen LogP contribution in [0.5, 0.6) is 0 Å². The monoisotopic (exact) mass is 292 g/mol. The second-order valence-corrected chi connectivity index (χ2v) is 7.41. The van der Waals surface area contributed by atoms with Crippen molar-refractivity contribution in [2.75, 3.05) is 0 Å². The first-order valence-corrected chi connectivity index (χ1v) is 8.44. The lowest BCUT2D eigenvalue weighted by Gasteiger charge is -2.32. The summed E-state index contributed by atoms with van der Waals surface area (Å²) in [6, 6.07) is 8.22. The third-order valence-electron chi connectivity index (χ3n) is 4.04. The summed E-state index contributed by atoms with van der Waals surface area (Å²) in [5.74, 6) is 0.972. The van der Waals surface area contributed by atoms with Gasteiger partial charge in [0.05, 0.1) is 10.5 Å². The van der Waals surface area contributed by atoms with E-state index in [-0.39, 0.29) is 16.5 Å². The summed E-state index contributed by atoms with van der Waals surface area (Å²) >= 11 is 0. The maximum atomic E-state index is 12.4. The minimum Gasteiger partial charge on any atom is -0.208 e. The molecule has 1 aromatic carbocycles. The van der Waals surface area contributed by atoms with Gasteiger partial charge >= 0.3 is 0 Å². The van der Waals surface area contributed by atoms with Crippen molar-refractivity contribution >= 4 is 10.0 Å². The van der Waals surface area contributed by atoms with E-state index in [1.807, 2.05) is 6.07 Å². The van der Waals surface area contributed by atoms with E-state index in [4.69, 9.17) is 5.26 Å². The number of nitrogens with zero attached hydrogens (tertiary/aromatic N) is 1. The first-order valence-electron chi connectivity index (χ1n) is 6.95. The van der Waals surface area contributed by atoms with E-state index in [0.29, 0.717) is 11.8 Å². The first-order chi connectivity index (χ1) is 9.44. The van der Waals surface area contributed by atoms with Crippen LogP contribution in [-0.4, -0.2) is 14.5 Å². The smallest absolute Gasteiger partial charge is 0.208 e. The van der Waals surface area contributed by atoms with Gasteiger partial charge < -0.3 is 0 Å². The van der Waals surface area contributed by atoms with Gasteiger partial charge in [0.2, 0.25) is 10.0 Å². The molecule has 4 nitrogen and oxygen atoms in total. The molecule has 1 saturated carbocycles. The zero-order valence-corrected chi connectivity index (χ0v) is 12.7. The molecule has 1 aliphatic rings. The fraction of sp³-hybridized carbons (Fsp3) is 0.533. The predicted molar refractivity (Wildman–Crippen MR) is 77.4 cm³/mol. The molecule has 1 aliphatic carbocycles. The second kappa shape index (κ2) is 5.94. The molecule has 1 fully saturated rings. The van der Waals surface area contributed by atoms with Gasteiger partial charge in [-0.3, -0.25) is 0 Å². The summed E-state index contributed by atoms with van der Waals surface area (Å²) < 4.78 is 27.7. The van der Waals surface area contributed by atoms with Crippen LogP contribution < -0.4 is 4.72 Å². The van der Waals surface area contributed by atoms with Crippen LogP contribution in [0, 0.1) is 23.2 Å². The van der Waals surface area contributed by atoms with Crippen molar-refractivity contribution in [1.82, 2.24) is 4.72 Å². The third-order valence-corrected chi connectivity index (χ3v) is 5.58. The largest absolute Gasteiger partial charge is 0.242 e. The van der Waals surface area contributed by atoms with Crippen LogP contribution >= 0.6 is 0 Å². The first kappa shape index (κ1) is 15.0. The molecule has 108 valence electrons.